The summed E-state index contributed by atoms with van der Waals surface area (Å²) >= 11 is 0. The van der Waals surface area contributed by atoms with Crippen molar-refractivity contribution in [2.75, 3.05) is 13.7 Å². The van der Waals surface area contributed by atoms with Crippen LogP contribution in [0.4, 0.5) is 0 Å². The van der Waals surface area contributed by atoms with Gasteiger partial charge in [0.05, 0.1) is 19.2 Å². The standard InChI is InChI=1S/C12H18N2O4/c1-8-10(9(2)18-14-8)4-5-11(15)13-7-6-12(16)17-3/h4-7H2,1-3H3,(H,13,15). The third kappa shape index (κ3) is 4.20. The molecule has 1 N–H and O–H groups in total. The third-order valence-corrected chi connectivity index (χ3v) is 2.66. The van der Waals surface area contributed by atoms with Crippen molar-refractivity contribution < 1.29 is 18.8 Å². The van der Waals surface area contributed by atoms with E-state index in [0.717, 1.165) is 17.0 Å². The molecule has 1 rings (SSSR count). The van der Waals surface area contributed by atoms with E-state index in [2.05, 4.69) is 15.2 Å². The number of carbonyl (C=O) groups is 2. The van der Waals surface area contributed by atoms with E-state index in [0.29, 0.717) is 19.4 Å². The van der Waals surface area contributed by atoms with Crippen LogP contribution in [0, 0.1) is 13.8 Å². The summed E-state index contributed by atoms with van der Waals surface area (Å²) in [4.78, 5) is 22.3. The lowest BCUT2D eigenvalue weighted by Gasteiger charge is -2.04. The predicted octanol–water partition coefficient (Wildman–Crippen LogP) is 0.903. The van der Waals surface area contributed by atoms with Gasteiger partial charge in [-0.1, -0.05) is 5.16 Å². The Balaban J connectivity index is 2.27. The number of methoxy groups -OCH3 is 1. The third-order valence-electron chi connectivity index (χ3n) is 2.66. The predicted molar refractivity (Wildman–Crippen MR) is 63.9 cm³/mol. The fourth-order valence-electron chi connectivity index (χ4n) is 1.59. The van der Waals surface area contributed by atoms with E-state index in [1.165, 1.54) is 7.11 Å². The molecular weight excluding hydrogens is 236 g/mol. The molecule has 0 bridgehead atoms. The first-order valence-corrected chi connectivity index (χ1v) is 5.80. The molecule has 0 radical (unpaired) electrons. The molecule has 0 saturated heterocycles. The van der Waals surface area contributed by atoms with Gasteiger partial charge in [0.1, 0.15) is 5.76 Å². The lowest BCUT2D eigenvalue weighted by molar-refractivity contribution is -0.140. The molecule has 0 aliphatic rings. The van der Waals surface area contributed by atoms with Gasteiger partial charge in [-0.3, -0.25) is 9.59 Å². The minimum atomic E-state index is -0.332. The van der Waals surface area contributed by atoms with Gasteiger partial charge in [-0.2, -0.15) is 0 Å². The number of ether oxygens (including phenoxy) is 1. The Morgan fingerprint density at radius 3 is 2.61 bits per heavy atom. The maximum Gasteiger partial charge on any atom is 0.307 e. The van der Waals surface area contributed by atoms with Crippen LogP contribution in [0.3, 0.4) is 0 Å². The Hall–Kier alpha value is -1.85. The van der Waals surface area contributed by atoms with Crippen LogP contribution >= 0.6 is 0 Å². The first-order valence-electron chi connectivity index (χ1n) is 5.80. The summed E-state index contributed by atoms with van der Waals surface area (Å²) in [6.45, 7) is 3.97. The van der Waals surface area contributed by atoms with Crippen LogP contribution in [0.5, 0.6) is 0 Å². The molecule has 0 spiro atoms. The van der Waals surface area contributed by atoms with Gasteiger partial charge in [0.15, 0.2) is 0 Å². The van der Waals surface area contributed by atoms with E-state index in [9.17, 15) is 9.59 Å². The van der Waals surface area contributed by atoms with Crippen LogP contribution in [0.15, 0.2) is 4.52 Å². The molecule has 0 unspecified atom stereocenters. The van der Waals surface area contributed by atoms with Gasteiger partial charge >= 0.3 is 5.97 Å². The number of amides is 1. The largest absolute Gasteiger partial charge is 0.469 e. The summed E-state index contributed by atoms with van der Waals surface area (Å²) < 4.78 is 9.48. The van der Waals surface area contributed by atoms with E-state index in [1.807, 2.05) is 13.8 Å². The first kappa shape index (κ1) is 14.2. The van der Waals surface area contributed by atoms with Crippen molar-refractivity contribution >= 4 is 11.9 Å². The number of carbonyl (C=O) groups excluding carboxylic acids is 2. The van der Waals surface area contributed by atoms with Gasteiger partial charge in [0.25, 0.3) is 0 Å². The summed E-state index contributed by atoms with van der Waals surface area (Å²) in [5.41, 5.74) is 1.79. The van der Waals surface area contributed by atoms with Crippen LogP contribution in [0.25, 0.3) is 0 Å². The second kappa shape index (κ2) is 6.78. The maximum atomic E-state index is 11.5. The van der Waals surface area contributed by atoms with Crippen molar-refractivity contribution in [1.29, 1.82) is 0 Å². The number of rotatable bonds is 6. The molecule has 0 aliphatic carbocycles. The van der Waals surface area contributed by atoms with Gasteiger partial charge in [0.2, 0.25) is 5.91 Å². The quantitative estimate of drug-likeness (QED) is 0.763. The molecule has 1 aromatic heterocycles. The first-order chi connectivity index (χ1) is 8.54. The highest BCUT2D eigenvalue weighted by Crippen LogP contribution is 2.13. The number of nitrogens with zero attached hydrogens (tertiary/aromatic N) is 1. The Morgan fingerprint density at radius 1 is 1.33 bits per heavy atom. The number of aryl methyl sites for hydroxylation is 2. The summed E-state index contributed by atoms with van der Waals surface area (Å²) in [6, 6.07) is 0. The number of hydrogen-bond acceptors (Lipinski definition) is 5. The SMILES string of the molecule is COC(=O)CCNC(=O)CCc1c(C)noc1C. The normalized spacial score (nSPS) is 10.2. The van der Waals surface area contributed by atoms with Crippen molar-refractivity contribution in [3.8, 4) is 0 Å². The molecule has 0 fully saturated rings. The number of nitrogens with one attached hydrogen (secondary N) is 1. The van der Waals surface area contributed by atoms with E-state index in [4.69, 9.17) is 4.52 Å². The summed E-state index contributed by atoms with van der Waals surface area (Å²) in [5.74, 6) is 0.315. The Kier molecular flexibility index (Phi) is 5.35. The van der Waals surface area contributed by atoms with E-state index in [1.54, 1.807) is 0 Å². The molecule has 0 aliphatic heterocycles. The molecule has 18 heavy (non-hydrogen) atoms. The minimum absolute atomic E-state index is 0.0982. The van der Waals surface area contributed by atoms with Crippen molar-refractivity contribution in [3.05, 3.63) is 17.0 Å². The average Bonchev–Trinajstić information content (AvgIpc) is 2.66. The van der Waals surface area contributed by atoms with Gasteiger partial charge in [-0.25, -0.2) is 0 Å². The van der Waals surface area contributed by atoms with Crippen molar-refractivity contribution in [2.45, 2.75) is 33.1 Å². The van der Waals surface area contributed by atoms with Gasteiger partial charge in [0, 0.05) is 18.5 Å². The molecule has 100 valence electrons. The zero-order chi connectivity index (χ0) is 13.5. The minimum Gasteiger partial charge on any atom is -0.469 e. The summed E-state index contributed by atoms with van der Waals surface area (Å²) in [6.07, 6.45) is 1.13. The van der Waals surface area contributed by atoms with E-state index < -0.39 is 0 Å². The molecule has 0 atom stereocenters. The second-order valence-electron chi connectivity index (χ2n) is 3.98. The monoisotopic (exact) mass is 254 g/mol. The molecule has 1 heterocycles. The van der Waals surface area contributed by atoms with Gasteiger partial charge < -0.3 is 14.6 Å². The Morgan fingerprint density at radius 2 is 2.06 bits per heavy atom. The fourth-order valence-corrected chi connectivity index (χ4v) is 1.59. The summed E-state index contributed by atoms with van der Waals surface area (Å²) in [5, 5.41) is 6.48. The Bertz CT molecular complexity index is 406. The molecule has 6 nitrogen and oxygen atoms in total. The molecular formula is C12H18N2O4. The van der Waals surface area contributed by atoms with Crippen LogP contribution < -0.4 is 5.32 Å². The zero-order valence-electron chi connectivity index (χ0n) is 10.9. The van der Waals surface area contributed by atoms with Crippen LogP contribution in [-0.2, 0) is 20.7 Å². The van der Waals surface area contributed by atoms with Crippen molar-refractivity contribution in [1.82, 2.24) is 10.5 Å². The second-order valence-corrected chi connectivity index (χ2v) is 3.98. The highest BCUT2D eigenvalue weighted by molar-refractivity contribution is 5.77. The zero-order valence-corrected chi connectivity index (χ0v) is 10.9. The number of esters is 1. The molecule has 1 amide bonds. The highest BCUT2D eigenvalue weighted by atomic mass is 16.5. The lowest BCUT2D eigenvalue weighted by Crippen LogP contribution is -2.26. The summed E-state index contributed by atoms with van der Waals surface area (Å²) in [7, 11) is 1.32. The Labute approximate surface area is 106 Å². The van der Waals surface area contributed by atoms with Crippen LogP contribution in [0.1, 0.15) is 29.9 Å². The average molecular weight is 254 g/mol. The van der Waals surface area contributed by atoms with E-state index in [-0.39, 0.29) is 18.3 Å². The molecule has 6 heteroatoms. The molecule has 1 aromatic rings. The van der Waals surface area contributed by atoms with Gasteiger partial charge in [-0.15, -0.1) is 0 Å². The van der Waals surface area contributed by atoms with Crippen LogP contribution in [0.2, 0.25) is 0 Å². The maximum absolute atomic E-state index is 11.5. The number of aromatic nitrogens is 1. The smallest absolute Gasteiger partial charge is 0.307 e. The fraction of sp³-hybridized carbons (Fsp3) is 0.583. The van der Waals surface area contributed by atoms with Crippen molar-refractivity contribution in [3.63, 3.8) is 0 Å². The lowest BCUT2D eigenvalue weighted by atomic mass is 10.1. The number of hydrogen-bond donors (Lipinski definition) is 1. The topological polar surface area (TPSA) is 81.4 Å². The molecule has 0 aromatic carbocycles. The van der Waals surface area contributed by atoms with E-state index >= 15 is 0 Å². The van der Waals surface area contributed by atoms with Crippen LogP contribution in [-0.4, -0.2) is 30.7 Å². The van der Waals surface area contributed by atoms with Gasteiger partial charge in [-0.05, 0) is 20.3 Å². The van der Waals surface area contributed by atoms with Crippen molar-refractivity contribution in [2.24, 2.45) is 0 Å². The highest BCUT2D eigenvalue weighted by Gasteiger charge is 2.11. The molecule has 0 saturated carbocycles.